The highest BCUT2D eigenvalue weighted by Gasteiger charge is 2.69. The summed E-state index contributed by atoms with van der Waals surface area (Å²) in [5.74, 6) is -2.61. The van der Waals surface area contributed by atoms with Gasteiger partial charge in [0.2, 0.25) is 0 Å². The van der Waals surface area contributed by atoms with E-state index in [9.17, 15) is 20.0 Å². The summed E-state index contributed by atoms with van der Waals surface area (Å²) in [6.45, 7) is 5.59. The molecule has 0 bridgehead atoms. The summed E-state index contributed by atoms with van der Waals surface area (Å²) >= 11 is 0. The van der Waals surface area contributed by atoms with Crippen molar-refractivity contribution < 1.29 is 27.9 Å². The first-order valence-corrected chi connectivity index (χ1v) is 13.7. The molecule has 4 rings (SSSR count). The van der Waals surface area contributed by atoms with Crippen LogP contribution in [-0.4, -0.2) is 62.7 Å². The summed E-state index contributed by atoms with van der Waals surface area (Å²) < 4.78 is 47.2. The fourth-order valence-corrected chi connectivity index (χ4v) is 5.66. The molecule has 1 aromatic carbocycles. The van der Waals surface area contributed by atoms with Crippen molar-refractivity contribution in [2.45, 2.75) is 94.6 Å². The Morgan fingerprint density at radius 2 is 1.76 bits per heavy atom. The molecule has 1 aromatic heterocycles. The van der Waals surface area contributed by atoms with Crippen LogP contribution >= 0.6 is 0 Å². The summed E-state index contributed by atoms with van der Waals surface area (Å²) in [6.07, 6.45) is 1.54. The van der Waals surface area contributed by atoms with Crippen molar-refractivity contribution >= 4 is 17.5 Å². The number of anilines is 1. The number of alkyl halides is 3. The second kappa shape index (κ2) is 11.6. The number of amides is 2. The van der Waals surface area contributed by atoms with E-state index in [2.05, 4.69) is 15.3 Å². The van der Waals surface area contributed by atoms with Gasteiger partial charge in [-0.2, -0.15) is 18.4 Å². The van der Waals surface area contributed by atoms with Gasteiger partial charge >= 0.3 is 6.18 Å². The van der Waals surface area contributed by atoms with E-state index < -0.39 is 47.4 Å². The molecule has 9 nitrogen and oxygen atoms in total. The Morgan fingerprint density at radius 1 is 1.10 bits per heavy atom. The van der Waals surface area contributed by atoms with Crippen molar-refractivity contribution in [3.8, 4) is 6.19 Å². The number of nitriles is 1. The summed E-state index contributed by atoms with van der Waals surface area (Å²) in [5, 5.41) is 22.5. The van der Waals surface area contributed by atoms with Gasteiger partial charge in [0.05, 0.1) is 18.8 Å². The monoisotopic (exact) mass is 572 g/mol. The maximum atomic E-state index is 15.7. The largest absolute Gasteiger partial charge is 0.427 e. The first-order valence-electron chi connectivity index (χ1n) is 13.7. The van der Waals surface area contributed by atoms with E-state index in [4.69, 9.17) is 0 Å². The molecule has 2 aromatic rings. The molecule has 12 heteroatoms. The molecule has 2 fully saturated rings. The van der Waals surface area contributed by atoms with Gasteiger partial charge in [0.15, 0.2) is 6.19 Å². The highest BCUT2D eigenvalue weighted by atomic mass is 19.4. The van der Waals surface area contributed by atoms with Gasteiger partial charge in [-0.05, 0) is 36.0 Å². The van der Waals surface area contributed by atoms with E-state index in [1.165, 1.54) is 18.3 Å². The van der Waals surface area contributed by atoms with Crippen LogP contribution in [0, 0.1) is 11.5 Å². The van der Waals surface area contributed by atoms with Gasteiger partial charge in [0.25, 0.3) is 17.4 Å². The van der Waals surface area contributed by atoms with Crippen LogP contribution in [0.3, 0.4) is 0 Å². The third-order valence-electron chi connectivity index (χ3n) is 7.85. The molecule has 2 aliphatic rings. The minimum absolute atomic E-state index is 0.205. The van der Waals surface area contributed by atoms with Gasteiger partial charge in [-0.3, -0.25) is 29.4 Å². The molecule has 2 N–H and O–H groups in total. The van der Waals surface area contributed by atoms with Gasteiger partial charge in [-0.1, -0.05) is 52.2 Å². The molecule has 220 valence electrons. The van der Waals surface area contributed by atoms with Gasteiger partial charge < -0.3 is 10.4 Å². The molecule has 1 aliphatic heterocycles. The van der Waals surface area contributed by atoms with Crippen molar-refractivity contribution in [3.05, 3.63) is 54.1 Å². The lowest BCUT2D eigenvalue weighted by atomic mass is 9.85. The maximum absolute atomic E-state index is 15.7. The summed E-state index contributed by atoms with van der Waals surface area (Å²) in [6, 6.07) is 4.00. The molecule has 41 heavy (non-hydrogen) atoms. The zero-order valence-corrected chi connectivity index (χ0v) is 23.4. The topological polar surface area (TPSA) is 122 Å². The summed E-state index contributed by atoms with van der Waals surface area (Å²) in [5.41, 5.74) is -4.15. The van der Waals surface area contributed by atoms with Crippen LogP contribution in [-0.2, 0) is 20.5 Å². The summed E-state index contributed by atoms with van der Waals surface area (Å²) in [7, 11) is 0. The van der Waals surface area contributed by atoms with Crippen LogP contribution < -0.4 is 10.2 Å². The van der Waals surface area contributed by atoms with Crippen LogP contribution in [0.25, 0.3) is 0 Å². The lowest BCUT2D eigenvalue weighted by Crippen LogP contribution is -2.69. The van der Waals surface area contributed by atoms with Crippen molar-refractivity contribution in [1.82, 2.24) is 20.2 Å². The number of β-amino-alcohol motifs (C(OH)–C–C–N with tert-alkyl or cyclic N) is 1. The van der Waals surface area contributed by atoms with Gasteiger partial charge in [-0.15, -0.1) is 0 Å². The third kappa shape index (κ3) is 5.86. The Morgan fingerprint density at radius 3 is 2.29 bits per heavy atom. The van der Waals surface area contributed by atoms with Gasteiger partial charge in [-0.25, -0.2) is 0 Å². The van der Waals surface area contributed by atoms with E-state index in [0.717, 1.165) is 42.1 Å². The minimum Gasteiger partial charge on any atom is -0.391 e. The SMILES string of the molecule is CC(C)(C)c1ccc(N(C(=O)C2CC(O)CN2C#N)C(C(=O)NC2CCCCC2)(c2cnccn2)C(F)(F)F)cc1. The number of benzene rings is 1. The maximum Gasteiger partial charge on any atom is 0.427 e. The third-order valence-corrected chi connectivity index (χ3v) is 7.85. The second-order valence-corrected chi connectivity index (χ2v) is 11.7. The molecule has 1 saturated heterocycles. The van der Waals surface area contributed by atoms with Crippen LogP contribution in [0.1, 0.15) is 70.6 Å². The number of aliphatic hydroxyl groups excluding tert-OH is 1. The fraction of sp³-hybridized carbons (Fsp3) is 0.552. The first kappa shape index (κ1) is 30.2. The number of aliphatic hydroxyl groups is 1. The van der Waals surface area contributed by atoms with E-state index in [1.54, 1.807) is 18.3 Å². The Hall–Kier alpha value is -3.72. The smallest absolute Gasteiger partial charge is 0.391 e. The number of rotatable bonds is 6. The molecule has 2 heterocycles. The number of hydrogen-bond acceptors (Lipinski definition) is 7. The average molecular weight is 573 g/mol. The number of halogens is 3. The zero-order valence-electron chi connectivity index (χ0n) is 23.4. The number of nitrogens with zero attached hydrogens (tertiary/aromatic N) is 5. The van der Waals surface area contributed by atoms with Crippen molar-refractivity contribution in [2.75, 3.05) is 11.4 Å². The second-order valence-electron chi connectivity index (χ2n) is 11.7. The minimum atomic E-state index is -5.37. The molecular formula is C29H35F3N6O3. The van der Waals surface area contributed by atoms with Crippen molar-refractivity contribution in [1.29, 1.82) is 5.26 Å². The molecule has 0 spiro atoms. The van der Waals surface area contributed by atoms with E-state index in [1.807, 2.05) is 20.8 Å². The highest BCUT2D eigenvalue weighted by molar-refractivity contribution is 6.07. The lowest BCUT2D eigenvalue weighted by molar-refractivity contribution is -0.198. The first-order chi connectivity index (χ1) is 19.3. The van der Waals surface area contributed by atoms with E-state index in [-0.39, 0.29) is 24.1 Å². The molecule has 0 radical (unpaired) electrons. The van der Waals surface area contributed by atoms with Crippen LogP contribution in [0.15, 0.2) is 42.9 Å². The van der Waals surface area contributed by atoms with Crippen LogP contribution in [0.5, 0.6) is 0 Å². The lowest BCUT2D eigenvalue weighted by Gasteiger charge is -2.44. The van der Waals surface area contributed by atoms with Crippen molar-refractivity contribution in [2.24, 2.45) is 0 Å². The average Bonchev–Trinajstić information content (AvgIpc) is 3.32. The van der Waals surface area contributed by atoms with Crippen LogP contribution in [0.2, 0.25) is 0 Å². The van der Waals surface area contributed by atoms with E-state index in [0.29, 0.717) is 17.7 Å². The summed E-state index contributed by atoms with van der Waals surface area (Å²) in [4.78, 5) is 37.6. The number of nitrogens with one attached hydrogen (secondary N) is 1. The zero-order chi connectivity index (χ0) is 30.0. The molecule has 2 amide bonds. The Bertz CT molecular complexity index is 1270. The number of carbonyl (C=O) groups is 2. The van der Waals surface area contributed by atoms with Gasteiger partial charge in [0, 0.05) is 30.5 Å². The van der Waals surface area contributed by atoms with Gasteiger partial charge in [0.1, 0.15) is 11.7 Å². The Kier molecular flexibility index (Phi) is 8.59. The predicted octanol–water partition coefficient (Wildman–Crippen LogP) is 3.93. The highest BCUT2D eigenvalue weighted by Crippen LogP contribution is 2.47. The number of carbonyl (C=O) groups excluding carboxylic acids is 2. The number of aromatic nitrogens is 2. The fourth-order valence-electron chi connectivity index (χ4n) is 5.66. The van der Waals surface area contributed by atoms with Crippen molar-refractivity contribution in [3.63, 3.8) is 0 Å². The van der Waals surface area contributed by atoms with Crippen LogP contribution in [0.4, 0.5) is 18.9 Å². The standard InChI is InChI=1S/C29H35F3N6O3/c1-27(2,3)19-9-11-21(12-10-19)38(25(40)23-15-22(39)17-37(23)18-33)28(29(30,31)32,24-16-34-13-14-35-24)26(41)36-20-7-5-4-6-8-20/h9-14,16,20,22-23,39H,4-8,15,17H2,1-3H3,(H,36,41). The number of hydrogen-bond donors (Lipinski definition) is 2. The quantitative estimate of drug-likeness (QED) is 0.503. The molecule has 3 atom stereocenters. The molecular weight excluding hydrogens is 537 g/mol. The molecule has 1 saturated carbocycles. The molecule has 1 aliphatic carbocycles. The Labute approximate surface area is 237 Å². The predicted molar refractivity (Wildman–Crippen MR) is 144 cm³/mol. The molecule has 3 unspecified atom stereocenters. The number of likely N-dealkylation sites (tertiary alicyclic amines) is 1. The normalized spacial score (nSPS) is 21.6. The Balaban J connectivity index is 1.98. The van der Waals surface area contributed by atoms with E-state index >= 15 is 13.2 Å².